The molecule has 5 nitrogen and oxygen atoms in total. The van der Waals surface area contributed by atoms with Gasteiger partial charge < -0.3 is 15.7 Å². The van der Waals surface area contributed by atoms with Crippen LogP contribution in [0.5, 0.6) is 5.75 Å². The molecule has 2 aliphatic rings. The molecule has 1 aliphatic carbocycles. The third kappa shape index (κ3) is 2.48. The van der Waals surface area contributed by atoms with Crippen LogP contribution in [0.25, 0.3) is 10.4 Å². The monoisotopic (exact) mass is 315 g/mol. The van der Waals surface area contributed by atoms with E-state index in [0.717, 1.165) is 23.4 Å². The average molecular weight is 315 g/mol. The van der Waals surface area contributed by atoms with Crippen molar-refractivity contribution in [3.63, 3.8) is 0 Å². The summed E-state index contributed by atoms with van der Waals surface area (Å²) in [5.74, 6) is 0.851. The number of amides is 1. The van der Waals surface area contributed by atoms with Gasteiger partial charge in [0, 0.05) is 18.3 Å². The summed E-state index contributed by atoms with van der Waals surface area (Å²) in [6.45, 7) is 1.08. The molecule has 1 aromatic carbocycles. The lowest BCUT2D eigenvalue weighted by Gasteiger charge is -2.23. The van der Waals surface area contributed by atoms with Gasteiger partial charge in [-0.1, -0.05) is 0 Å². The van der Waals surface area contributed by atoms with E-state index in [2.05, 4.69) is 15.6 Å². The molecule has 3 unspecified atom stereocenters. The fourth-order valence-corrected chi connectivity index (χ4v) is 4.21. The lowest BCUT2D eigenvalue weighted by Crippen LogP contribution is -2.47. The predicted octanol–water partition coefficient (Wildman–Crippen LogP) is 2.00. The molecular weight excluding hydrogens is 298 g/mol. The number of phenolic OH excluding ortho intramolecular Hbond substituents is 1. The molecular formula is C16H17N3O2S. The number of carbonyl (C=O) groups excluding carboxylic acids is 1. The van der Waals surface area contributed by atoms with Crippen molar-refractivity contribution >= 4 is 17.2 Å². The minimum absolute atomic E-state index is 0.0885. The normalized spacial score (nSPS) is 26.3. The first-order chi connectivity index (χ1) is 10.7. The molecule has 3 atom stereocenters. The Morgan fingerprint density at radius 3 is 2.82 bits per heavy atom. The van der Waals surface area contributed by atoms with Gasteiger partial charge in [-0.2, -0.15) is 0 Å². The maximum absolute atomic E-state index is 12.3. The molecule has 2 bridgehead atoms. The lowest BCUT2D eigenvalue weighted by atomic mass is 10.1. The van der Waals surface area contributed by atoms with E-state index in [1.165, 1.54) is 17.8 Å². The number of hydrogen-bond acceptors (Lipinski definition) is 5. The van der Waals surface area contributed by atoms with Crippen LogP contribution in [0.15, 0.2) is 30.5 Å². The number of aromatic nitrogens is 1. The zero-order valence-corrected chi connectivity index (χ0v) is 12.8. The summed E-state index contributed by atoms with van der Waals surface area (Å²) in [4.78, 5) is 17.5. The number of carbonyl (C=O) groups is 1. The minimum atomic E-state index is -0.0885. The van der Waals surface area contributed by atoms with Crippen molar-refractivity contribution in [3.05, 3.63) is 35.5 Å². The highest BCUT2D eigenvalue weighted by atomic mass is 32.1. The van der Waals surface area contributed by atoms with Gasteiger partial charge in [0.05, 0.1) is 4.88 Å². The Labute approximate surface area is 132 Å². The van der Waals surface area contributed by atoms with Crippen molar-refractivity contribution in [2.75, 3.05) is 6.54 Å². The molecule has 22 heavy (non-hydrogen) atoms. The van der Waals surface area contributed by atoms with Crippen molar-refractivity contribution in [2.45, 2.75) is 24.9 Å². The Kier molecular flexibility index (Phi) is 3.35. The quantitative estimate of drug-likeness (QED) is 0.810. The molecule has 4 rings (SSSR count). The van der Waals surface area contributed by atoms with Gasteiger partial charge in [-0.25, -0.2) is 4.98 Å². The largest absolute Gasteiger partial charge is 0.508 e. The molecule has 114 valence electrons. The van der Waals surface area contributed by atoms with E-state index in [1.807, 2.05) is 12.1 Å². The molecule has 0 radical (unpaired) electrons. The third-order valence-corrected chi connectivity index (χ3v) is 5.54. The summed E-state index contributed by atoms with van der Waals surface area (Å²) in [7, 11) is 0. The van der Waals surface area contributed by atoms with Gasteiger partial charge in [0.2, 0.25) is 0 Å². The Bertz CT molecular complexity index is 698. The number of thiazole rings is 1. The van der Waals surface area contributed by atoms with Gasteiger partial charge in [0.25, 0.3) is 5.91 Å². The topological polar surface area (TPSA) is 74.2 Å². The number of rotatable bonds is 3. The molecule has 1 saturated carbocycles. The molecule has 1 amide bonds. The fourth-order valence-electron chi connectivity index (χ4n) is 3.38. The number of hydrogen-bond donors (Lipinski definition) is 3. The second-order valence-corrected chi connectivity index (χ2v) is 7.04. The summed E-state index contributed by atoms with van der Waals surface area (Å²) in [6.07, 6.45) is 3.95. The van der Waals surface area contributed by atoms with Crippen LogP contribution in [0, 0.1) is 5.92 Å². The number of fused-ring (bicyclic) bond motifs is 2. The Morgan fingerprint density at radius 1 is 1.32 bits per heavy atom. The van der Waals surface area contributed by atoms with Gasteiger partial charge in [0.15, 0.2) is 5.01 Å². The Morgan fingerprint density at radius 2 is 2.14 bits per heavy atom. The third-order valence-electron chi connectivity index (χ3n) is 4.50. The second-order valence-electron chi connectivity index (χ2n) is 6.01. The molecule has 1 aromatic heterocycles. The van der Waals surface area contributed by atoms with Crippen LogP contribution >= 0.6 is 11.3 Å². The number of nitrogens with zero attached hydrogens (tertiary/aromatic N) is 1. The minimum Gasteiger partial charge on any atom is -0.508 e. The molecule has 0 spiro atoms. The van der Waals surface area contributed by atoms with Crippen LogP contribution in [-0.4, -0.2) is 34.6 Å². The van der Waals surface area contributed by atoms with Crippen molar-refractivity contribution in [1.29, 1.82) is 0 Å². The van der Waals surface area contributed by atoms with Crippen LogP contribution < -0.4 is 10.6 Å². The van der Waals surface area contributed by atoms with Crippen LogP contribution in [0.3, 0.4) is 0 Å². The smallest absolute Gasteiger partial charge is 0.280 e. The maximum atomic E-state index is 12.3. The van der Waals surface area contributed by atoms with Crippen LogP contribution in [0.4, 0.5) is 0 Å². The molecule has 3 N–H and O–H groups in total. The van der Waals surface area contributed by atoms with Crippen molar-refractivity contribution in [1.82, 2.24) is 15.6 Å². The van der Waals surface area contributed by atoms with E-state index < -0.39 is 0 Å². The zero-order valence-electron chi connectivity index (χ0n) is 12.0. The summed E-state index contributed by atoms with van der Waals surface area (Å²) < 4.78 is 0. The van der Waals surface area contributed by atoms with E-state index >= 15 is 0 Å². The average Bonchev–Trinajstić information content (AvgIpc) is 3.24. The second kappa shape index (κ2) is 5.37. The number of phenols is 1. The molecule has 2 heterocycles. The first-order valence-electron chi connectivity index (χ1n) is 7.48. The van der Waals surface area contributed by atoms with Gasteiger partial charge in [-0.15, -0.1) is 11.3 Å². The van der Waals surface area contributed by atoms with Gasteiger partial charge in [-0.05, 0) is 55.1 Å². The molecule has 6 heteroatoms. The summed E-state index contributed by atoms with van der Waals surface area (Å²) in [6, 6.07) is 7.57. The predicted molar refractivity (Wildman–Crippen MR) is 85.0 cm³/mol. The van der Waals surface area contributed by atoms with Gasteiger partial charge in [-0.3, -0.25) is 4.79 Å². The van der Waals surface area contributed by atoms with Gasteiger partial charge in [0.1, 0.15) is 5.75 Å². The SMILES string of the molecule is O=C(NC1CC2CNC1C2)c1ncc(-c2ccc(O)cc2)s1. The van der Waals surface area contributed by atoms with E-state index in [-0.39, 0.29) is 17.7 Å². The van der Waals surface area contributed by atoms with E-state index in [9.17, 15) is 9.90 Å². The molecule has 1 aliphatic heterocycles. The molecule has 2 fully saturated rings. The van der Waals surface area contributed by atoms with Gasteiger partial charge >= 0.3 is 0 Å². The van der Waals surface area contributed by atoms with Crippen molar-refractivity contribution in [2.24, 2.45) is 5.92 Å². The zero-order chi connectivity index (χ0) is 15.1. The van der Waals surface area contributed by atoms with Crippen molar-refractivity contribution < 1.29 is 9.90 Å². The highest BCUT2D eigenvalue weighted by molar-refractivity contribution is 7.16. The fraction of sp³-hybridized carbons (Fsp3) is 0.375. The standard InChI is InChI=1S/C16H17N3O2S/c20-11-3-1-10(2-4-11)14-8-18-16(22-14)15(21)19-13-6-9-5-12(13)17-7-9/h1-4,8-9,12-13,17,20H,5-7H2,(H,19,21). The number of nitrogens with one attached hydrogen (secondary N) is 2. The summed E-state index contributed by atoms with van der Waals surface area (Å²) >= 11 is 1.38. The first-order valence-corrected chi connectivity index (χ1v) is 8.30. The number of piperidine rings is 1. The van der Waals surface area contributed by atoms with Crippen LogP contribution in [-0.2, 0) is 0 Å². The van der Waals surface area contributed by atoms with Crippen molar-refractivity contribution in [3.8, 4) is 16.2 Å². The van der Waals surface area contributed by atoms with Crippen LogP contribution in [0.2, 0.25) is 0 Å². The van der Waals surface area contributed by atoms with E-state index in [0.29, 0.717) is 17.0 Å². The van der Waals surface area contributed by atoms with Crippen LogP contribution in [0.1, 0.15) is 22.6 Å². The highest BCUT2D eigenvalue weighted by Gasteiger charge is 2.40. The lowest BCUT2D eigenvalue weighted by molar-refractivity contribution is 0.0928. The Balaban J connectivity index is 1.46. The van der Waals surface area contributed by atoms with E-state index in [1.54, 1.807) is 18.3 Å². The summed E-state index contributed by atoms with van der Waals surface area (Å²) in [5, 5.41) is 16.4. The first kappa shape index (κ1) is 13.7. The molecule has 2 aromatic rings. The van der Waals surface area contributed by atoms with E-state index in [4.69, 9.17) is 0 Å². The summed E-state index contributed by atoms with van der Waals surface area (Å²) in [5.41, 5.74) is 0.955. The Hall–Kier alpha value is -1.92. The maximum Gasteiger partial charge on any atom is 0.280 e. The number of benzene rings is 1. The highest BCUT2D eigenvalue weighted by Crippen LogP contribution is 2.32. The number of aromatic hydroxyl groups is 1. The molecule has 1 saturated heterocycles.